The second-order valence-electron chi connectivity index (χ2n) is 8.55. The van der Waals surface area contributed by atoms with E-state index < -0.39 is 10.3 Å². The van der Waals surface area contributed by atoms with Gasteiger partial charge >= 0.3 is 10.3 Å². The molecule has 2 aliphatic rings. The van der Waals surface area contributed by atoms with E-state index in [1.807, 2.05) is 17.8 Å². The van der Waals surface area contributed by atoms with Crippen LogP contribution in [0.1, 0.15) is 44.9 Å². The molecule has 1 aliphatic carbocycles. The monoisotopic (exact) mass is 492 g/mol. The van der Waals surface area contributed by atoms with Crippen molar-refractivity contribution in [3.63, 3.8) is 0 Å². The van der Waals surface area contributed by atoms with Gasteiger partial charge in [0.1, 0.15) is 0 Å². The Morgan fingerprint density at radius 3 is 2.67 bits per heavy atom. The van der Waals surface area contributed by atoms with Crippen LogP contribution in [0.4, 0.5) is 0 Å². The first kappa shape index (κ1) is 25.8. The number of para-hydroxylation sites is 1. The largest absolute Gasteiger partial charge is 0.363 e. The van der Waals surface area contributed by atoms with Crippen molar-refractivity contribution in [3.05, 3.63) is 43.1 Å². The maximum Gasteiger partial charge on any atom is 0.333 e. The normalized spacial score (nSPS) is 18.5. The molecular weight excluding hydrogens is 456 g/mol. The van der Waals surface area contributed by atoms with Crippen molar-refractivity contribution in [2.24, 2.45) is 4.99 Å². The lowest BCUT2D eigenvalue weighted by Gasteiger charge is -2.20. The predicted molar refractivity (Wildman–Crippen MR) is 139 cm³/mol. The minimum Gasteiger partial charge on any atom is -0.363 e. The van der Waals surface area contributed by atoms with Gasteiger partial charge in [-0.05, 0) is 25.3 Å². The standard InChI is InChI=1S/C18H23N3S.C6H13NO3S/c1-3-11-21-14-17(15-7-4-5-8-16(15)21)22-13-10-19-18-9-6-12-20(18)2;8-11(9,10)7-6-4-2-1-3-5-6/h3-5,7-8,14H,1,6,9-13H2,2H3;6-7H,1-5H2,(H,8,9,10). The maximum absolute atomic E-state index is 10.3. The van der Waals surface area contributed by atoms with Crippen LogP contribution < -0.4 is 4.72 Å². The van der Waals surface area contributed by atoms with E-state index in [-0.39, 0.29) is 6.04 Å². The molecule has 0 amide bonds. The number of amidine groups is 1. The van der Waals surface area contributed by atoms with Crippen molar-refractivity contribution in [2.75, 3.05) is 25.9 Å². The zero-order valence-corrected chi connectivity index (χ0v) is 21.1. The lowest BCUT2D eigenvalue weighted by Crippen LogP contribution is -2.35. The Morgan fingerprint density at radius 2 is 2.00 bits per heavy atom. The molecule has 1 saturated heterocycles. The third kappa shape index (κ3) is 8.17. The smallest absolute Gasteiger partial charge is 0.333 e. The quantitative estimate of drug-likeness (QED) is 0.240. The van der Waals surface area contributed by atoms with Gasteiger partial charge in [-0.2, -0.15) is 13.1 Å². The Bertz CT molecular complexity index is 1040. The molecule has 9 heteroatoms. The number of thioether (sulfide) groups is 1. The summed E-state index contributed by atoms with van der Waals surface area (Å²) in [5, 5.41) is 1.33. The maximum atomic E-state index is 10.3. The fraction of sp³-hybridized carbons (Fsp3) is 0.542. The lowest BCUT2D eigenvalue weighted by atomic mass is 9.96. The highest BCUT2D eigenvalue weighted by atomic mass is 32.2. The van der Waals surface area contributed by atoms with Gasteiger partial charge in [-0.1, -0.05) is 43.5 Å². The average molecular weight is 493 g/mol. The molecule has 2 fully saturated rings. The molecular formula is C24H36N4O3S2. The second-order valence-corrected chi connectivity index (χ2v) is 10.9. The third-order valence-corrected chi connectivity index (χ3v) is 7.63. The van der Waals surface area contributed by atoms with Gasteiger partial charge < -0.3 is 9.47 Å². The van der Waals surface area contributed by atoms with Crippen LogP contribution in [0.5, 0.6) is 0 Å². The van der Waals surface area contributed by atoms with Crippen molar-refractivity contribution < 1.29 is 13.0 Å². The van der Waals surface area contributed by atoms with Crippen molar-refractivity contribution in [1.29, 1.82) is 0 Å². The van der Waals surface area contributed by atoms with Crippen molar-refractivity contribution in [3.8, 4) is 0 Å². The van der Waals surface area contributed by atoms with E-state index in [1.54, 1.807) is 0 Å². The van der Waals surface area contributed by atoms with Crippen LogP contribution in [0, 0.1) is 0 Å². The summed E-state index contributed by atoms with van der Waals surface area (Å²) in [6, 6.07) is 8.54. The summed E-state index contributed by atoms with van der Waals surface area (Å²) in [6.45, 7) is 6.75. The number of nitrogens with one attached hydrogen (secondary N) is 1. The first-order chi connectivity index (χ1) is 15.9. The number of nitrogens with zero attached hydrogens (tertiary/aromatic N) is 3. The fourth-order valence-corrected chi connectivity index (χ4v) is 5.96. The van der Waals surface area contributed by atoms with Gasteiger partial charge in [0.2, 0.25) is 0 Å². The summed E-state index contributed by atoms with van der Waals surface area (Å²) >= 11 is 1.90. The van der Waals surface area contributed by atoms with E-state index in [0.29, 0.717) is 0 Å². The number of allylic oxidation sites excluding steroid dienone is 1. The highest BCUT2D eigenvalue weighted by Crippen LogP contribution is 2.30. The summed E-state index contributed by atoms with van der Waals surface area (Å²) in [4.78, 5) is 8.36. The number of rotatable bonds is 8. The van der Waals surface area contributed by atoms with Crippen LogP contribution >= 0.6 is 11.8 Å². The third-order valence-electron chi connectivity index (χ3n) is 5.98. The van der Waals surface area contributed by atoms with E-state index in [2.05, 4.69) is 58.3 Å². The number of aromatic nitrogens is 1. The van der Waals surface area contributed by atoms with E-state index in [0.717, 1.165) is 57.5 Å². The molecule has 7 nitrogen and oxygen atoms in total. The number of aliphatic imine (C=N–C) groups is 1. The number of hydrogen-bond acceptors (Lipinski definition) is 4. The fourth-order valence-electron chi connectivity index (χ4n) is 4.37. The number of likely N-dealkylation sites (tertiary alicyclic amines) is 1. The van der Waals surface area contributed by atoms with Gasteiger partial charge in [-0.25, -0.2) is 0 Å². The summed E-state index contributed by atoms with van der Waals surface area (Å²) in [5.74, 6) is 2.30. The zero-order valence-electron chi connectivity index (χ0n) is 19.4. The van der Waals surface area contributed by atoms with Crippen molar-refractivity contribution in [1.82, 2.24) is 14.2 Å². The molecule has 2 aromatic rings. The van der Waals surface area contributed by atoms with Crippen LogP contribution in [0.25, 0.3) is 10.9 Å². The first-order valence-corrected chi connectivity index (χ1v) is 14.1. The highest BCUT2D eigenvalue weighted by Gasteiger charge is 2.17. The predicted octanol–water partition coefficient (Wildman–Crippen LogP) is 4.76. The van der Waals surface area contributed by atoms with Crippen LogP contribution in [-0.2, 0) is 16.8 Å². The Labute approximate surface area is 202 Å². The van der Waals surface area contributed by atoms with Gasteiger partial charge in [-0.15, -0.1) is 18.3 Å². The molecule has 0 spiro atoms. The minimum absolute atomic E-state index is 0.0428. The Hall–Kier alpha value is -1.81. The molecule has 0 bridgehead atoms. The Morgan fingerprint density at radius 1 is 1.24 bits per heavy atom. The zero-order chi connectivity index (χ0) is 23.7. The van der Waals surface area contributed by atoms with Gasteiger partial charge in [0, 0.05) is 60.3 Å². The van der Waals surface area contributed by atoms with Crippen molar-refractivity contribution in [2.45, 2.75) is 62.4 Å². The number of benzene rings is 1. The van der Waals surface area contributed by atoms with E-state index in [1.165, 1.54) is 34.5 Å². The summed E-state index contributed by atoms with van der Waals surface area (Å²) < 4.78 is 33.6. The van der Waals surface area contributed by atoms with Gasteiger partial charge in [0.15, 0.2) is 0 Å². The van der Waals surface area contributed by atoms with Crippen LogP contribution in [-0.4, -0.2) is 60.2 Å². The summed E-state index contributed by atoms with van der Waals surface area (Å²) in [7, 11) is -1.83. The van der Waals surface area contributed by atoms with Gasteiger partial charge in [0.25, 0.3) is 0 Å². The summed E-state index contributed by atoms with van der Waals surface area (Å²) in [5.41, 5.74) is 1.28. The lowest BCUT2D eigenvalue weighted by molar-refractivity contribution is 0.389. The molecule has 2 N–H and O–H groups in total. The average Bonchev–Trinajstić information content (AvgIpc) is 3.35. The second kappa shape index (κ2) is 12.6. The van der Waals surface area contributed by atoms with Crippen LogP contribution in [0.3, 0.4) is 0 Å². The molecule has 33 heavy (non-hydrogen) atoms. The molecule has 1 aliphatic heterocycles. The first-order valence-electron chi connectivity index (χ1n) is 11.7. The highest BCUT2D eigenvalue weighted by molar-refractivity contribution is 7.99. The molecule has 182 valence electrons. The molecule has 0 radical (unpaired) electrons. The van der Waals surface area contributed by atoms with Gasteiger partial charge in [0.05, 0.1) is 12.4 Å². The molecule has 0 atom stereocenters. The molecule has 1 aromatic carbocycles. The molecule has 2 heterocycles. The topological polar surface area (TPSA) is 86.9 Å². The van der Waals surface area contributed by atoms with Gasteiger partial charge in [-0.3, -0.25) is 9.55 Å². The SMILES string of the molecule is C=CCn1cc(SCCN=C2CCCN2C)c2ccccc21.O=S(=O)(O)NC1CCCCC1. The molecule has 0 unspecified atom stereocenters. The van der Waals surface area contributed by atoms with Crippen LogP contribution in [0.15, 0.2) is 53.0 Å². The van der Waals surface area contributed by atoms with E-state index in [4.69, 9.17) is 9.55 Å². The summed E-state index contributed by atoms with van der Waals surface area (Å²) in [6.07, 6.45) is 11.5. The Kier molecular flexibility index (Phi) is 9.85. The molecule has 1 aromatic heterocycles. The van der Waals surface area contributed by atoms with E-state index >= 15 is 0 Å². The van der Waals surface area contributed by atoms with E-state index in [9.17, 15) is 8.42 Å². The Balaban J connectivity index is 0.000000235. The molecule has 4 rings (SSSR count). The molecule has 1 saturated carbocycles. The number of hydrogen-bond donors (Lipinski definition) is 2. The van der Waals surface area contributed by atoms with Crippen LogP contribution in [0.2, 0.25) is 0 Å². The van der Waals surface area contributed by atoms with Crippen molar-refractivity contribution >= 4 is 38.8 Å². The number of fused-ring (bicyclic) bond motifs is 1. The minimum atomic E-state index is -3.97.